The standard InChI is InChI=1S/C11H7N3O3S2/c15-9(16)5-19-11-14-13-10(17-11)7-1-3-8(4-2-7)12-6-18/h1-4H,5H2,(H,15,16). The minimum atomic E-state index is -0.938. The fourth-order valence-corrected chi connectivity index (χ4v) is 1.83. The lowest BCUT2D eigenvalue weighted by Gasteiger charge is -1.94. The molecule has 0 radical (unpaired) electrons. The summed E-state index contributed by atoms with van der Waals surface area (Å²) in [6.45, 7) is 0. The first-order valence-electron chi connectivity index (χ1n) is 5.05. The van der Waals surface area contributed by atoms with Gasteiger partial charge in [-0.05, 0) is 36.5 Å². The van der Waals surface area contributed by atoms with E-state index < -0.39 is 5.97 Å². The molecule has 0 aliphatic rings. The summed E-state index contributed by atoms with van der Waals surface area (Å²) in [7, 11) is 0. The number of carboxylic acids is 1. The van der Waals surface area contributed by atoms with Crippen molar-refractivity contribution in [1.82, 2.24) is 10.2 Å². The van der Waals surface area contributed by atoms with Gasteiger partial charge in [-0.3, -0.25) is 4.79 Å². The number of aliphatic imine (C=N–C) groups is 1. The van der Waals surface area contributed by atoms with Crippen molar-refractivity contribution in [2.24, 2.45) is 4.99 Å². The fraction of sp³-hybridized carbons (Fsp3) is 0.0909. The molecular formula is C11H7N3O3S2. The van der Waals surface area contributed by atoms with Crippen LogP contribution in [-0.4, -0.2) is 32.2 Å². The van der Waals surface area contributed by atoms with Crippen molar-refractivity contribution in [3.63, 3.8) is 0 Å². The second-order valence-electron chi connectivity index (χ2n) is 3.31. The molecule has 1 aromatic heterocycles. The van der Waals surface area contributed by atoms with Crippen LogP contribution >= 0.6 is 24.0 Å². The van der Waals surface area contributed by atoms with Gasteiger partial charge in [0.25, 0.3) is 5.22 Å². The van der Waals surface area contributed by atoms with Crippen molar-refractivity contribution in [1.29, 1.82) is 0 Å². The van der Waals surface area contributed by atoms with Gasteiger partial charge in [0.15, 0.2) is 0 Å². The number of hydrogen-bond donors (Lipinski definition) is 1. The first-order chi connectivity index (χ1) is 9.19. The van der Waals surface area contributed by atoms with Gasteiger partial charge in [-0.1, -0.05) is 11.8 Å². The number of rotatable bonds is 5. The monoisotopic (exact) mass is 293 g/mol. The quantitative estimate of drug-likeness (QED) is 0.515. The molecule has 0 aliphatic carbocycles. The Morgan fingerprint density at radius 2 is 2.16 bits per heavy atom. The SMILES string of the molecule is O=C(O)CSc1nnc(-c2ccc(N=C=S)cc2)o1. The highest BCUT2D eigenvalue weighted by atomic mass is 32.2. The molecule has 96 valence electrons. The molecule has 1 aromatic carbocycles. The Labute approximate surface area is 117 Å². The van der Waals surface area contributed by atoms with E-state index in [2.05, 4.69) is 32.6 Å². The van der Waals surface area contributed by atoms with Gasteiger partial charge in [0.1, 0.15) is 5.75 Å². The minimum absolute atomic E-state index is 0.121. The van der Waals surface area contributed by atoms with Crippen molar-refractivity contribution >= 4 is 40.8 Å². The van der Waals surface area contributed by atoms with Crippen LogP contribution in [0.15, 0.2) is 38.9 Å². The van der Waals surface area contributed by atoms with Gasteiger partial charge in [-0.2, -0.15) is 4.99 Å². The topological polar surface area (TPSA) is 88.6 Å². The van der Waals surface area contributed by atoms with Crippen LogP contribution in [0.2, 0.25) is 0 Å². The maximum atomic E-state index is 10.4. The molecule has 0 amide bonds. The number of carbonyl (C=O) groups is 1. The van der Waals surface area contributed by atoms with Crippen LogP contribution < -0.4 is 0 Å². The Bertz CT molecular complexity index is 633. The van der Waals surface area contributed by atoms with Crippen LogP contribution in [0.5, 0.6) is 0 Å². The summed E-state index contributed by atoms with van der Waals surface area (Å²) in [6.07, 6.45) is 0. The van der Waals surface area contributed by atoms with E-state index in [-0.39, 0.29) is 11.0 Å². The molecule has 19 heavy (non-hydrogen) atoms. The van der Waals surface area contributed by atoms with Crippen molar-refractivity contribution in [3.8, 4) is 11.5 Å². The maximum Gasteiger partial charge on any atom is 0.314 e. The van der Waals surface area contributed by atoms with E-state index in [0.29, 0.717) is 11.6 Å². The Kier molecular flexibility index (Phi) is 4.40. The van der Waals surface area contributed by atoms with Gasteiger partial charge in [-0.15, -0.1) is 10.2 Å². The number of carboxylic acid groups (broad SMARTS) is 1. The first kappa shape index (κ1) is 13.4. The van der Waals surface area contributed by atoms with Crippen molar-refractivity contribution < 1.29 is 14.3 Å². The largest absolute Gasteiger partial charge is 0.481 e. The van der Waals surface area contributed by atoms with E-state index in [1.807, 2.05) is 0 Å². The van der Waals surface area contributed by atoms with Crippen LogP contribution in [0, 0.1) is 0 Å². The van der Waals surface area contributed by atoms with E-state index in [9.17, 15) is 4.79 Å². The Morgan fingerprint density at radius 1 is 1.42 bits per heavy atom. The molecule has 0 atom stereocenters. The summed E-state index contributed by atoms with van der Waals surface area (Å²) in [5.41, 5.74) is 1.40. The molecule has 1 N–H and O–H groups in total. The van der Waals surface area contributed by atoms with E-state index >= 15 is 0 Å². The molecule has 2 rings (SSSR count). The number of aromatic nitrogens is 2. The molecule has 6 nitrogen and oxygen atoms in total. The van der Waals surface area contributed by atoms with Crippen molar-refractivity contribution in [3.05, 3.63) is 24.3 Å². The zero-order chi connectivity index (χ0) is 13.7. The van der Waals surface area contributed by atoms with Gasteiger partial charge in [0, 0.05) is 5.56 Å². The predicted octanol–water partition coefficient (Wildman–Crippen LogP) is 2.65. The molecule has 0 aliphatic heterocycles. The second-order valence-corrected chi connectivity index (χ2v) is 4.41. The Hall–Kier alpha value is -2.02. The predicted molar refractivity (Wildman–Crippen MR) is 72.8 cm³/mol. The van der Waals surface area contributed by atoms with Gasteiger partial charge in [0.05, 0.1) is 10.8 Å². The third kappa shape index (κ3) is 3.72. The van der Waals surface area contributed by atoms with Crippen LogP contribution in [0.3, 0.4) is 0 Å². The van der Waals surface area contributed by atoms with Gasteiger partial charge >= 0.3 is 5.97 Å². The lowest BCUT2D eigenvalue weighted by Crippen LogP contribution is -1.97. The van der Waals surface area contributed by atoms with Gasteiger partial charge < -0.3 is 9.52 Å². The lowest BCUT2D eigenvalue weighted by atomic mass is 10.2. The summed E-state index contributed by atoms with van der Waals surface area (Å²) in [5, 5.41) is 18.6. The maximum absolute atomic E-state index is 10.4. The zero-order valence-electron chi connectivity index (χ0n) is 9.44. The summed E-state index contributed by atoms with van der Waals surface area (Å²) in [6, 6.07) is 6.99. The van der Waals surface area contributed by atoms with E-state index in [1.54, 1.807) is 24.3 Å². The molecular weight excluding hydrogens is 286 g/mol. The number of aliphatic carboxylic acids is 1. The number of thiocarbonyl (C=S) groups is 1. The van der Waals surface area contributed by atoms with Gasteiger partial charge in [-0.25, -0.2) is 0 Å². The molecule has 2 aromatic rings. The highest BCUT2D eigenvalue weighted by Crippen LogP contribution is 2.24. The van der Waals surface area contributed by atoms with Crippen LogP contribution in [-0.2, 0) is 4.79 Å². The summed E-state index contributed by atoms with van der Waals surface area (Å²) >= 11 is 5.48. The normalized spacial score (nSPS) is 9.89. The third-order valence-corrected chi connectivity index (χ3v) is 2.91. The highest BCUT2D eigenvalue weighted by molar-refractivity contribution is 7.99. The van der Waals surface area contributed by atoms with E-state index in [0.717, 1.165) is 17.3 Å². The molecule has 0 saturated carbocycles. The van der Waals surface area contributed by atoms with Gasteiger partial charge in [0.2, 0.25) is 5.89 Å². The average molecular weight is 293 g/mol. The van der Waals surface area contributed by atoms with E-state index in [1.165, 1.54) is 0 Å². The smallest absolute Gasteiger partial charge is 0.314 e. The Balaban J connectivity index is 2.13. The lowest BCUT2D eigenvalue weighted by molar-refractivity contribution is -0.133. The molecule has 0 fully saturated rings. The van der Waals surface area contributed by atoms with Crippen molar-refractivity contribution in [2.75, 3.05) is 5.75 Å². The molecule has 0 bridgehead atoms. The van der Waals surface area contributed by atoms with Crippen molar-refractivity contribution in [2.45, 2.75) is 5.22 Å². The van der Waals surface area contributed by atoms with E-state index in [4.69, 9.17) is 9.52 Å². The number of thioether (sulfide) groups is 1. The minimum Gasteiger partial charge on any atom is -0.481 e. The molecule has 1 heterocycles. The highest BCUT2D eigenvalue weighted by Gasteiger charge is 2.10. The molecule has 0 unspecified atom stereocenters. The second kappa shape index (κ2) is 6.24. The summed E-state index contributed by atoms with van der Waals surface area (Å²) in [5.74, 6) is -0.734. The number of nitrogens with zero attached hydrogens (tertiary/aromatic N) is 3. The summed E-state index contributed by atoms with van der Waals surface area (Å²) < 4.78 is 5.33. The number of isothiocyanates is 1. The molecule has 8 heteroatoms. The third-order valence-electron chi connectivity index (χ3n) is 2.01. The average Bonchev–Trinajstić information content (AvgIpc) is 2.86. The molecule has 0 spiro atoms. The zero-order valence-corrected chi connectivity index (χ0v) is 11.1. The first-order valence-corrected chi connectivity index (χ1v) is 6.45. The summed E-state index contributed by atoms with van der Waals surface area (Å²) in [4.78, 5) is 14.2. The number of benzene rings is 1. The van der Waals surface area contributed by atoms with Crippen LogP contribution in [0.25, 0.3) is 11.5 Å². The molecule has 0 saturated heterocycles. The Morgan fingerprint density at radius 3 is 2.79 bits per heavy atom. The fourth-order valence-electron chi connectivity index (χ4n) is 1.24. The van der Waals surface area contributed by atoms with Crippen LogP contribution in [0.4, 0.5) is 5.69 Å². The number of hydrogen-bond acceptors (Lipinski definition) is 7. The van der Waals surface area contributed by atoms with Crippen LogP contribution in [0.1, 0.15) is 0 Å².